The van der Waals surface area contributed by atoms with E-state index in [1.54, 1.807) is 0 Å². The molecule has 1 aliphatic carbocycles. The molecule has 1 fully saturated rings. The lowest BCUT2D eigenvalue weighted by molar-refractivity contribution is 0.441. The number of hydrogen-bond donors (Lipinski definition) is 0. The number of rotatable bonds is 3. The van der Waals surface area contributed by atoms with Crippen LogP contribution in [0.5, 0.6) is 0 Å². The molecule has 0 amide bonds. The Morgan fingerprint density at radius 2 is 2.26 bits per heavy atom. The molecule has 0 spiro atoms. The van der Waals surface area contributed by atoms with E-state index in [4.69, 9.17) is 11.6 Å². The SMILES string of the molecule is CC1CCC(Cn2c(CCl)nc3cc(F)ccc32)C1. The average Bonchev–Trinajstić information content (AvgIpc) is 2.94. The van der Waals surface area contributed by atoms with E-state index in [0.29, 0.717) is 17.3 Å². The summed E-state index contributed by atoms with van der Waals surface area (Å²) in [7, 11) is 0. The lowest BCUT2D eigenvalue weighted by Gasteiger charge is -2.13. The van der Waals surface area contributed by atoms with Crippen LogP contribution in [0.25, 0.3) is 11.0 Å². The van der Waals surface area contributed by atoms with Crippen molar-refractivity contribution in [3.05, 3.63) is 29.8 Å². The summed E-state index contributed by atoms with van der Waals surface area (Å²) in [6.07, 6.45) is 3.84. The quantitative estimate of drug-likeness (QED) is 0.764. The third-order valence-corrected chi connectivity index (χ3v) is 4.39. The molecule has 102 valence electrons. The first-order valence-corrected chi connectivity index (χ1v) is 7.41. The zero-order valence-electron chi connectivity index (χ0n) is 11.1. The highest BCUT2D eigenvalue weighted by atomic mass is 35.5. The van der Waals surface area contributed by atoms with Gasteiger partial charge in [-0.3, -0.25) is 0 Å². The molecule has 1 heterocycles. The third-order valence-electron chi connectivity index (χ3n) is 4.15. The van der Waals surface area contributed by atoms with Gasteiger partial charge in [-0.2, -0.15) is 0 Å². The van der Waals surface area contributed by atoms with Gasteiger partial charge < -0.3 is 4.57 Å². The maximum atomic E-state index is 13.3. The van der Waals surface area contributed by atoms with E-state index in [1.807, 2.05) is 6.07 Å². The minimum atomic E-state index is -0.243. The second-order valence-corrected chi connectivity index (χ2v) is 5.96. The van der Waals surface area contributed by atoms with Crippen molar-refractivity contribution in [3.8, 4) is 0 Å². The maximum Gasteiger partial charge on any atom is 0.125 e. The fourth-order valence-electron chi connectivity index (χ4n) is 3.21. The van der Waals surface area contributed by atoms with Gasteiger partial charge in [-0.05, 0) is 36.8 Å². The molecule has 0 N–H and O–H groups in total. The van der Waals surface area contributed by atoms with Crippen molar-refractivity contribution >= 4 is 22.6 Å². The molecule has 2 nitrogen and oxygen atoms in total. The number of halogens is 2. The lowest BCUT2D eigenvalue weighted by atomic mass is 10.1. The Balaban J connectivity index is 1.96. The maximum absolute atomic E-state index is 13.3. The van der Waals surface area contributed by atoms with Crippen LogP contribution in [0.15, 0.2) is 18.2 Å². The minimum Gasteiger partial charge on any atom is -0.327 e. The Morgan fingerprint density at radius 1 is 1.42 bits per heavy atom. The molecule has 1 aliphatic rings. The van der Waals surface area contributed by atoms with E-state index >= 15 is 0 Å². The number of alkyl halides is 1. The number of benzene rings is 1. The van der Waals surface area contributed by atoms with E-state index in [9.17, 15) is 4.39 Å². The first-order valence-electron chi connectivity index (χ1n) is 6.88. The third kappa shape index (κ3) is 2.48. The molecular formula is C15H18ClFN2. The molecule has 4 heteroatoms. The fraction of sp³-hybridized carbons (Fsp3) is 0.533. The molecule has 3 rings (SSSR count). The van der Waals surface area contributed by atoms with Crippen molar-refractivity contribution in [2.45, 2.75) is 38.6 Å². The van der Waals surface area contributed by atoms with Gasteiger partial charge in [0.05, 0.1) is 16.9 Å². The normalized spacial score (nSPS) is 23.3. The minimum absolute atomic E-state index is 0.243. The van der Waals surface area contributed by atoms with Gasteiger partial charge in [0.15, 0.2) is 0 Å². The van der Waals surface area contributed by atoms with Crippen LogP contribution in [0.2, 0.25) is 0 Å². The van der Waals surface area contributed by atoms with E-state index in [-0.39, 0.29) is 5.82 Å². The van der Waals surface area contributed by atoms with E-state index in [2.05, 4.69) is 16.5 Å². The highest BCUT2D eigenvalue weighted by Gasteiger charge is 2.23. The molecule has 2 unspecified atom stereocenters. The van der Waals surface area contributed by atoms with Crippen LogP contribution in [0.3, 0.4) is 0 Å². The highest BCUT2D eigenvalue weighted by Crippen LogP contribution is 2.32. The van der Waals surface area contributed by atoms with Crippen LogP contribution < -0.4 is 0 Å². The lowest BCUT2D eigenvalue weighted by Crippen LogP contribution is -2.10. The summed E-state index contributed by atoms with van der Waals surface area (Å²) in [5, 5.41) is 0. The molecule has 0 radical (unpaired) electrons. The molecule has 0 bridgehead atoms. The predicted octanol–water partition coefficient (Wildman–Crippen LogP) is 4.35. The van der Waals surface area contributed by atoms with Gasteiger partial charge in [-0.25, -0.2) is 9.37 Å². The Hall–Kier alpha value is -1.09. The molecule has 2 atom stereocenters. The Kier molecular flexibility index (Phi) is 3.48. The van der Waals surface area contributed by atoms with Gasteiger partial charge in [-0.1, -0.05) is 13.3 Å². The average molecular weight is 281 g/mol. The molecule has 0 aliphatic heterocycles. The van der Waals surface area contributed by atoms with Gasteiger partial charge in [-0.15, -0.1) is 11.6 Å². The summed E-state index contributed by atoms with van der Waals surface area (Å²) in [6, 6.07) is 4.79. The largest absolute Gasteiger partial charge is 0.327 e. The number of fused-ring (bicyclic) bond motifs is 1. The number of nitrogens with zero attached hydrogens (tertiary/aromatic N) is 2. The molecular weight excluding hydrogens is 263 g/mol. The monoisotopic (exact) mass is 280 g/mol. The number of hydrogen-bond acceptors (Lipinski definition) is 1. The standard InChI is InChI=1S/C15H18ClFN2/c1-10-2-3-11(6-10)9-19-14-5-4-12(17)7-13(14)18-15(19)8-16/h4-5,7,10-11H,2-3,6,8-9H2,1H3. The molecule has 1 aromatic carbocycles. The van der Waals surface area contributed by atoms with Crippen molar-refractivity contribution in [3.63, 3.8) is 0 Å². The van der Waals surface area contributed by atoms with Gasteiger partial charge >= 0.3 is 0 Å². The van der Waals surface area contributed by atoms with Crippen LogP contribution in [0.1, 0.15) is 32.0 Å². The van der Waals surface area contributed by atoms with Gasteiger partial charge in [0.25, 0.3) is 0 Å². The second-order valence-electron chi connectivity index (χ2n) is 5.69. The second kappa shape index (κ2) is 5.12. The smallest absolute Gasteiger partial charge is 0.125 e. The summed E-state index contributed by atoms with van der Waals surface area (Å²) in [6.45, 7) is 3.26. The van der Waals surface area contributed by atoms with Crippen LogP contribution in [0, 0.1) is 17.7 Å². The summed E-state index contributed by atoms with van der Waals surface area (Å²) in [5.41, 5.74) is 1.71. The number of aromatic nitrogens is 2. The number of imidazole rings is 1. The van der Waals surface area contributed by atoms with Crippen LogP contribution in [-0.2, 0) is 12.4 Å². The van der Waals surface area contributed by atoms with E-state index in [0.717, 1.165) is 23.8 Å². The van der Waals surface area contributed by atoms with Gasteiger partial charge in [0.1, 0.15) is 11.6 Å². The zero-order chi connectivity index (χ0) is 13.4. The Bertz CT molecular complexity index is 593. The zero-order valence-corrected chi connectivity index (χ0v) is 11.8. The van der Waals surface area contributed by atoms with E-state index in [1.165, 1.54) is 31.4 Å². The predicted molar refractivity (Wildman–Crippen MR) is 75.8 cm³/mol. The first-order chi connectivity index (χ1) is 9.17. The van der Waals surface area contributed by atoms with Crippen molar-refractivity contribution in [1.29, 1.82) is 0 Å². The first kappa shape index (κ1) is 12.9. The van der Waals surface area contributed by atoms with Crippen molar-refractivity contribution in [2.75, 3.05) is 0 Å². The van der Waals surface area contributed by atoms with Crippen molar-refractivity contribution < 1.29 is 4.39 Å². The van der Waals surface area contributed by atoms with E-state index < -0.39 is 0 Å². The van der Waals surface area contributed by atoms with Crippen LogP contribution >= 0.6 is 11.6 Å². The van der Waals surface area contributed by atoms with Crippen molar-refractivity contribution in [1.82, 2.24) is 9.55 Å². The van der Waals surface area contributed by atoms with Crippen molar-refractivity contribution in [2.24, 2.45) is 11.8 Å². The highest BCUT2D eigenvalue weighted by molar-refractivity contribution is 6.16. The summed E-state index contributed by atoms with van der Waals surface area (Å²) < 4.78 is 15.4. The van der Waals surface area contributed by atoms with Crippen LogP contribution in [0.4, 0.5) is 4.39 Å². The Morgan fingerprint density at radius 3 is 2.95 bits per heavy atom. The van der Waals surface area contributed by atoms with Crippen LogP contribution in [-0.4, -0.2) is 9.55 Å². The molecule has 1 saturated carbocycles. The molecule has 0 saturated heterocycles. The van der Waals surface area contributed by atoms with Gasteiger partial charge in [0.2, 0.25) is 0 Å². The Labute approximate surface area is 117 Å². The topological polar surface area (TPSA) is 17.8 Å². The fourth-order valence-corrected chi connectivity index (χ4v) is 3.41. The summed E-state index contributed by atoms with van der Waals surface area (Å²) >= 11 is 5.98. The molecule has 2 aromatic rings. The summed E-state index contributed by atoms with van der Waals surface area (Å²) in [5.74, 6) is 2.49. The molecule has 19 heavy (non-hydrogen) atoms. The van der Waals surface area contributed by atoms with Gasteiger partial charge in [0, 0.05) is 12.6 Å². The summed E-state index contributed by atoms with van der Waals surface area (Å²) in [4.78, 5) is 4.44. The molecule has 1 aromatic heterocycles.